The summed E-state index contributed by atoms with van der Waals surface area (Å²) in [6, 6.07) is 7.85. The van der Waals surface area contributed by atoms with Crippen LogP contribution in [0, 0.1) is 6.92 Å². The van der Waals surface area contributed by atoms with Gasteiger partial charge in [0.1, 0.15) is 5.15 Å². The molecule has 1 fully saturated rings. The van der Waals surface area contributed by atoms with Gasteiger partial charge in [-0.25, -0.2) is 0 Å². The lowest BCUT2D eigenvalue weighted by Crippen LogP contribution is -2.50. The van der Waals surface area contributed by atoms with Gasteiger partial charge in [0.05, 0.1) is 12.2 Å². The number of carbonyl (C=O) groups excluding carboxylic acids is 2. The smallest absolute Gasteiger partial charge is 0.246 e. The molecule has 2 amide bonds. The normalized spacial score (nSPS) is 15.0. The monoisotopic (exact) mass is 429 g/mol. The minimum atomic E-state index is -0.0599. The van der Waals surface area contributed by atoms with E-state index in [4.69, 9.17) is 11.6 Å². The molecule has 1 aliphatic heterocycles. The number of aromatic nitrogens is 2. The van der Waals surface area contributed by atoms with E-state index in [0.717, 1.165) is 28.9 Å². The molecule has 0 unspecified atom stereocenters. The van der Waals surface area contributed by atoms with E-state index in [9.17, 15) is 9.59 Å². The van der Waals surface area contributed by atoms with Gasteiger partial charge in [-0.2, -0.15) is 5.10 Å². The highest BCUT2D eigenvalue weighted by Gasteiger charge is 2.21. The Kier molecular flexibility index (Phi) is 7.29. The summed E-state index contributed by atoms with van der Waals surface area (Å²) in [6.45, 7) is 6.74. The zero-order valence-corrected chi connectivity index (χ0v) is 18.4. The number of hydrogen-bond acceptors (Lipinski definition) is 4. The molecule has 2 aromatic rings. The van der Waals surface area contributed by atoms with Crippen LogP contribution in [-0.4, -0.2) is 64.1 Å². The van der Waals surface area contributed by atoms with Gasteiger partial charge in [-0.1, -0.05) is 36.7 Å². The van der Waals surface area contributed by atoms with Crippen LogP contribution in [0.15, 0.2) is 30.3 Å². The van der Waals surface area contributed by atoms with Gasteiger partial charge in [0.2, 0.25) is 11.8 Å². The van der Waals surface area contributed by atoms with Gasteiger partial charge in [-0.3, -0.25) is 19.2 Å². The topological polar surface area (TPSA) is 70.5 Å². The summed E-state index contributed by atoms with van der Waals surface area (Å²) in [4.78, 5) is 28.8. The number of piperazine rings is 1. The molecule has 0 atom stereocenters. The SMILES string of the molecule is CCc1ccccc1NC(=O)CN1CCN(C(=O)/C=C/c2c(C)nn(C)c2Cl)CC1. The molecule has 0 spiro atoms. The number of nitrogens with one attached hydrogen (secondary N) is 1. The number of benzene rings is 1. The van der Waals surface area contributed by atoms with E-state index in [-0.39, 0.29) is 11.8 Å². The van der Waals surface area contributed by atoms with E-state index in [0.29, 0.717) is 37.9 Å². The Morgan fingerprint density at radius 2 is 1.90 bits per heavy atom. The molecule has 7 nitrogen and oxygen atoms in total. The van der Waals surface area contributed by atoms with Crippen molar-refractivity contribution in [3.8, 4) is 0 Å². The minimum absolute atomic E-state index is 0.0303. The van der Waals surface area contributed by atoms with Crippen LogP contribution in [0.2, 0.25) is 5.15 Å². The predicted octanol–water partition coefficient (Wildman–Crippen LogP) is 2.74. The summed E-state index contributed by atoms with van der Waals surface area (Å²) in [7, 11) is 1.77. The molecule has 0 saturated carbocycles. The van der Waals surface area contributed by atoms with Gasteiger partial charge in [0.15, 0.2) is 0 Å². The second kappa shape index (κ2) is 9.91. The Hall–Kier alpha value is -2.64. The van der Waals surface area contributed by atoms with Crippen molar-refractivity contribution in [2.24, 2.45) is 7.05 Å². The molecule has 1 aromatic carbocycles. The lowest BCUT2D eigenvalue weighted by atomic mass is 10.1. The van der Waals surface area contributed by atoms with Gasteiger partial charge in [-0.05, 0) is 31.1 Å². The number of hydrogen-bond donors (Lipinski definition) is 1. The molecule has 2 heterocycles. The molecule has 3 rings (SSSR count). The molecule has 0 radical (unpaired) electrons. The first-order chi connectivity index (χ1) is 14.4. The fourth-order valence-corrected chi connectivity index (χ4v) is 3.80. The first kappa shape index (κ1) is 22.1. The Balaban J connectivity index is 1.49. The van der Waals surface area contributed by atoms with Crippen molar-refractivity contribution in [1.29, 1.82) is 0 Å². The van der Waals surface area contributed by atoms with Crippen LogP contribution in [0.4, 0.5) is 5.69 Å². The Labute approximate surface area is 182 Å². The average molecular weight is 430 g/mol. The zero-order valence-electron chi connectivity index (χ0n) is 17.7. The van der Waals surface area contributed by atoms with Crippen molar-refractivity contribution < 1.29 is 9.59 Å². The standard InChI is InChI=1S/C22H28ClN5O2/c1-4-17-7-5-6-8-19(17)24-20(29)15-27-11-13-28(14-12-27)21(30)10-9-18-16(2)25-26(3)22(18)23/h5-10H,4,11-15H2,1-3H3,(H,24,29)/b10-9+. The van der Waals surface area contributed by atoms with Crippen molar-refractivity contribution in [1.82, 2.24) is 19.6 Å². The Morgan fingerprint density at radius 3 is 2.53 bits per heavy atom. The number of carbonyl (C=O) groups is 2. The molecule has 30 heavy (non-hydrogen) atoms. The number of rotatable bonds is 6. The van der Waals surface area contributed by atoms with Crippen molar-refractivity contribution >= 4 is 35.2 Å². The Bertz CT molecular complexity index is 945. The van der Waals surface area contributed by atoms with Crippen molar-refractivity contribution in [2.45, 2.75) is 20.3 Å². The van der Waals surface area contributed by atoms with E-state index in [2.05, 4.69) is 22.2 Å². The summed E-state index contributed by atoms with van der Waals surface area (Å²) in [5.74, 6) is -0.0902. The number of nitrogens with zero attached hydrogens (tertiary/aromatic N) is 4. The van der Waals surface area contributed by atoms with Gasteiger partial charge >= 0.3 is 0 Å². The molecule has 1 aliphatic rings. The van der Waals surface area contributed by atoms with Crippen molar-refractivity contribution in [3.63, 3.8) is 0 Å². The highest BCUT2D eigenvalue weighted by Crippen LogP contribution is 2.20. The molecule has 8 heteroatoms. The quantitative estimate of drug-likeness (QED) is 0.717. The predicted molar refractivity (Wildman–Crippen MR) is 119 cm³/mol. The number of aryl methyl sites for hydroxylation is 3. The van der Waals surface area contributed by atoms with Crippen LogP contribution in [0.3, 0.4) is 0 Å². The van der Waals surface area contributed by atoms with Crippen LogP contribution < -0.4 is 5.32 Å². The summed E-state index contributed by atoms with van der Waals surface area (Å²) in [5.41, 5.74) is 3.53. The second-order valence-corrected chi connectivity index (χ2v) is 7.77. The maximum atomic E-state index is 12.5. The van der Waals surface area contributed by atoms with Crippen LogP contribution in [0.25, 0.3) is 6.08 Å². The summed E-state index contributed by atoms with van der Waals surface area (Å²) in [6.07, 6.45) is 4.13. The fourth-order valence-electron chi connectivity index (χ4n) is 3.57. The summed E-state index contributed by atoms with van der Waals surface area (Å²) >= 11 is 6.21. The van der Waals surface area contributed by atoms with Gasteiger partial charge in [-0.15, -0.1) is 0 Å². The third-order valence-electron chi connectivity index (χ3n) is 5.31. The lowest BCUT2D eigenvalue weighted by Gasteiger charge is -2.33. The number of halogens is 1. The van der Waals surface area contributed by atoms with Crippen LogP contribution >= 0.6 is 11.6 Å². The highest BCUT2D eigenvalue weighted by molar-refractivity contribution is 6.31. The molecule has 0 bridgehead atoms. The molecule has 160 valence electrons. The fraction of sp³-hybridized carbons (Fsp3) is 0.409. The van der Waals surface area contributed by atoms with Crippen LogP contribution in [-0.2, 0) is 23.1 Å². The number of para-hydroxylation sites is 1. The third-order valence-corrected chi connectivity index (χ3v) is 5.76. The molecular formula is C22H28ClN5O2. The lowest BCUT2D eigenvalue weighted by molar-refractivity contribution is -0.127. The molecule has 1 aromatic heterocycles. The Morgan fingerprint density at radius 1 is 1.20 bits per heavy atom. The first-order valence-corrected chi connectivity index (χ1v) is 10.5. The maximum absolute atomic E-state index is 12.5. The van der Waals surface area contributed by atoms with E-state index in [1.807, 2.05) is 31.2 Å². The van der Waals surface area contributed by atoms with Gasteiger partial charge in [0, 0.05) is 50.6 Å². The largest absolute Gasteiger partial charge is 0.337 e. The second-order valence-electron chi connectivity index (χ2n) is 7.41. The first-order valence-electron chi connectivity index (χ1n) is 10.1. The van der Waals surface area contributed by atoms with Crippen molar-refractivity contribution in [2.75, 3.05) is 38.0 Å². The summed E-state index contributed by atoms with van der Waals surface area (Å²) in [5, 5.41) is 7.76. The van der Waals surface area contributed by atoms with E-state index < -0.39 is 0 Å². The minimum Gasteiger partial charge on any atom is -0.337 e. The highest BCUT2D eigenvalue weighted by atomic mass is 35.5. The summed E-state index contributed by atoms with van der Waals surface area (Å²) < 4.78 is 1.59. The van der Waals surface area contributed by atoms with Crippen LogP contribution in [0.1, 0.15) is 23.7 Å². The van der Waals surface area contributed by atoms with Crippen molar-refractivity contribution in [3.05, 3.63) is 52.3 Å². The maximum Gasteiger partial charge on any atom is 0.246 e. The van der Waals surface area contributed by atoms with E-state index in [1.54, 1.807) is 28.8 Å². The van der Waals surface area contributed by atoms with Crippen LogP contribution in [0.5, 0.6) is 0 Å². The van der Waals surface area contributed by atoms with Gasteiger partial charge < -0.3 is 10.2 Å². The van der Waals surface area contributed by atoms with E-state index >= 15 is 0 Å². The third kappa shape index (κ3) is 5.29. The molecule has 0 aliphatic carbocycles. The molecular weight excluding hydrogens is 402 g/mol. The van der Waals surface area contributed by atoms with Gasteiger partial charge in [0.25, 0.3) is 0 Å². The van der Waals surface area contributed by atoms with E-state index in [1.165, 1.54) is 0 Å². The zero-order chi connectivity index (χ0) is 21.7. The number of amides is 2. The number of anilines is 1. The average Bonchev–Trinajstić information content (AvgIpc) is 2.98. The molecule has 1 N–H and O–H groups in total. The molecule has 1 saturated heterocycles.